The molecule has 0 unspecified atom stereocenters. The minimum Gasteiger partial charge on any atom is -0.354 e. The molecule has 0 atom stereocenters. The smallest absolute Gasteiger partial charge is 0.249 e. The van der Waals surface area contributed by atoms with E-state index < -0.39 is 0 Å². The highest BCUT2D eigenvalue weighted by Gasteiger charge is 2.16. The molecule has 5 heteroatoms. The Morgan fingerprint density at radius 2 is 1.70 bits per heavy atom. The van der Waals surface area contributed by atoms with Crippen molar-refractivity contribution in [3.8, 4) is 11.3 Å². The topological polar surface area (TPSA) is 48.6 Å². The molecule has 4 rings (SSSR count). The normalized spacial score (nSPS) is 11.4. The summed E-state index contributed by atoms with van der Waals surface area (Å²) < 4.78 is 14.1. The van der Waals surface area contributed by atoms with Crippen LogP contribution in [0.25, 0.3) is 33.1 Å². The van der Waals surface area contributed by atoms with E-state index in [1.807, 2.05) is 13.0 Å². The van der Waals surface area contributed by atoms with E-state index >= 15 is 0 Å². The molecule has 0 saturated heterocycles. The first kappa shape index (κ1) is 14.0. The number of benzene rings is 2. The Kier molecular flexibility index (Phi) is 3.03. The number of aromatic nitrogens is 2. The minimum atomic E-state index is -0.286. The molecule has 0 aliphatic heterocycles. The number of aromatic amines is 2. The molecule has 0 fully saturated rings. The molecule has 3 nitrogen and oxygen atoms in total. The molecule has 0 radical (unpaired) electrons. The second-order valence-electron chi connectivity index (χ2n) is 5.50. The number of H-pyrrole nitrogens is 2. The lowest BCUT2D eigenvalue weighted by atomic mass is 10.0. The van der Waals surface area contributed by atoms with Gasteiger partial charge in [-0.3, -0.25) is 4.79 Å². The molecular formula is C18H12ClFN2O. The predicted octanol–water partition coefficient (Wildman–Crippen LogP) is 4.78. The van der Waals surface area contributed by atoms with Crippen molar-refractivity contribution in [2.24, 2.45) is 0 Å². The van der Waals surface area contributed by atoms with E-state index in [1.54, 1.807) is 24.3 Å². The quantitative estimate of drug-likeness (QED) is 0.519. The second kappa shape index (κ2) is 4.96. The van der Waals surface area contributed by atoms with Crippen molar-refractivity contribution in [1.82, 2.24) is 9.97 Å². The van der Waals surface area contributed by atoms with E-state index in [-0.39, 0.29) is 11.4 Å². The van der Waals surface area contributed by atoms with Crippen LogP contribution in [0, 0.1) is 12.7 Å². The summed E-state index contributed by atoms with van der Waals surface area (Å²) in [4.78, 5) is 17.6. The fourth-order valence-electron chi connectivity index (χ4n) is 3.09. The van der Waals surface area contributed by atoms with E-state index in [0.29, 0.717) is 21.8 Å². The van der Waals surface area contributed by atoms with Crippen molar-refractivity contribution in [1.29, 1.82) is 0 Å². The van der Waals surface area contributed by atoms with Gasteiger partial charge < -0.3 is 9.97 Å². The summed E-state index contributed by atoms with van der Waals surface area (Å²) in [5.41, 5.74) is 3.39. The molecule has 0 saturated carbocycles. The summed E-state index contributed by atoms with van der Waals surface area (Å²) in [5, 5.41) is 2.04. The van der Waals surface area contributed by atoms with Crippen LogP contribution in [0.3, 0.4) is 0 Å². The van der Waals surface area contributed by atoms with Crippen molar-refractivity contribution in [2.75, 3.05) is 0 Å². The standard InChI is InChI=1S/C18H12ClFN2O/c1-9-16-13(22-18(9)10-4-2-3-5-12(10)20)6-7-14-17(16)11(19)8-15(23)21-14/h2-8,22H,1H3,(H,21,23). The molecule has 0 amide bonds. The van der Waals surface area contributed by atoms with Gasteiger partial charge in [-0.15, -0.1) is 0 Å². The zero-order chi connectivity index (χ0) is 16.1. The molecule has 2 N–H and O–H groups in total. The summed E-state index contributed by atoms with van der Waals surface area (Å²) in [7, 11) is 0. The van der Waals surface area contributed by atoms with Gasteiger partial charge in [-0.2, -0.15) is 0 Å². The van der Waals surface area contributed by atoms with E-state index in [4.69, 9.17) is 11.6 Å². The van der Waals surface area contributed by atoms with E-state index in [2.05, 4.69) is 9.97 Å². The molecule has 0 aliphatic rings. The molecule has 2 aromatic heterocycles. The number of hydrogen-bond donors (Lipinski definition) is 2. The first-order chi connectivity index (χ1) is 11.1. The molecule has 0 bridgehead atoms. The molecule has 2 heterocycles. The van der Waals surface area contributed by atoms with E-state index in [1.165, 1.54) is 12.1 Å². The van der Waals surface area contributed by atoms with Gasteiger partial charge in [0, 0.05) is 27.9 Å². The Bertz CT molecular complexity index is 1130. The highest BCUT2D eigenvalue weighted by atomic mass is 35.5. The summed E-state index contributed by atoms with van der Waals surface area (Å²) in [6, 6.07) is 11.6. The highest BCUT2D eigenvalue weighted by molar-refractivity contribution is 6.37. The Hall–Kier alpha value is -2.59. The van der Waals surface area contributed by atoms with E-state index in [0.717, 1.165) is 21.9 Å². The van der Waals surface area contributed by atoms with Gasteiger partial charge in [0.05, 0.1) is 16.2 Å². The third-order valence-electron chi connectivity index (χ3n) is 4.11. The van der Waals surface area contributed by atoms with Crippen LogP contribution in [-0.4, -0.2) is 9.97 Å². The van der Waals surface area contributed by atoms with Gasteiger partial charge in [-0.25, -0.2) is 4.39 Å². The zero-order valence-corrected chi connectivity index (χ0v) is 13.0. The fraction of sp³-hybridized carbons (Fsp3) is 0.0556. The lowest BCUT2D eigenvalue weighted by Crippen LogP contribution is -2.03. The summed E-state index contributed by atoms with van der Waals surface area (Å²) in [6.45, 7) is 1.92. The Morgan fingerprint density at radius 3 is 2.43 bits per heavy atom. The second-order valence-corrected chi connectivity index (χ2v) is 5.90. The summed E-state index contributed by atoms with van der Waals surface area (Å²) >= 11 is 6.29. The minimum absolute atomic E-state index is 0.246. The molecule has 114 valence electrons. The van der Waals surface area contributed by atoms with Crippen molar-refractivity contribution >= 4 is 33.4 Å². The monoisotopic (exact) mass is 326 g/mol. The number of fused-ring (bicyclic) bond motifs is 3. The highest BCUT2D eigenvalue weighted by Crippen LogP contribution is 2.36. The molecule has 0 aliphatic carbocycles. The number of aryl methyl sites for hydroxylation is 1. The van der Waals surface area contributed by atoms with Crippen molar-refractivity contribution in [3.05, 3.63) is 69.2 Å². The molecular weight excluding hydrogens is 315 g/mol. The maximum absolute atomic E-state index is 14.1. The zero-order valence-electron chi connectivity index (χ0n) is 12.2. The van der Waals surface area contributed by atoms with Gasteiger partial charge >= 0.3 is 0 Å². The number of pyridine rings is 1. The number of nitrogens with one attached hydrogen (secondary N) is 2. The van der Waals surface area contributed by atoms with E-state index in [9.17, 15) is 9.18 Å². The maximum atomic E-state index is 14.1. The molecule has 23 heavy (non-hydrogen) atoms. The summed E-state index contributed by atoms with van der Waals surface area (Å²) in [6.07, 6.45) is 0. The van der Waals surface area contributed by atoms with Crippen LogP contribution in [0.4, 0.5) is 4.39 Å². The van der Waals surface area contributed by atoms with Gasteiger partial charge in [-0.1, -0.05) is 23.7 Å². The number of hydrogen-bond acceptors (Lipinski definition) is 1. The lowest BCUT2D eigenvalue weighted by Gasteiger charge is -2.04. The SMILES string of the molecule is Cc1c(-c2ccccc2F)[nH]c2ccc3[nH]c(=O)cc(Cl)c3c12. The molecule has 2 aromatic carbocycles. The Morgan fingerprint density at radius 1 is 1.00 bits per heavy atom. The van der Waals surface area contributed by atoms with Crippen molar-refractivity contribution < 1.29 is 4.39 Å². The van der Waals surface area contributed by atoms with Gasteiger partial charge in [-0.05, 0) is 36.8 Å². The van der Waals surface area contributed by atoms with Crippen LogP contribution in [0.2, 0.25) is 5.02 Å². The number of halogens is 2. The Labute approximate surface area is 135 Å². The van der Waals surface area contributed by atoms with Crippen LogP contribution in [0.5, 0.6) is 0 Å². The lowest BCUT2D eigenvalue weighted by molar-refractivity contribution is 0.631. The average Bonchev–Trinajstić information content (AvgIpc) is 2.84. The van der Waals surface area contributed by atoms with Gasteiger partial charge in [0.15, 0.2) is 0 Å². The van der Waals surface area contributed by atoms with Gasteiger partial charge in [0.25, 0.3) is 0 Å². The summed E-state index contributed by atoms with van der Waals surface area (Å²) in [5.74, 6) is -0.286. The third-order valence-corrected chi connectivity index (χ3v) is 4.41. The maximum Gasteiger partial charge on any atom is 0.249 e. The van der Waals surface area contributed by atoms with Crippen LogP contribution >= 0.6 is 11.6 Å². The van der Waals surface area contributed by atoms with Crippen LogP contribution in [0.15, 0.2) is 47.3 Å². The van der Waals surface area contributed by atoms with Crippen LogP contribution in [-0.2, 0) is 0 Å². The van der Waals surface area contributed by atoms with Crippen molar-refractivity contribution in [2.45, 2.75) is 6.92 Å². The number of rotatable bonds is 1. The van der Waals surface area contributed by atoms with Gasteiger partial charge in [0.1, 0.15) is 5.82 Å². The molecule has 0 spiro atoms. The first-order valence-electron chi connectivity index (χ1n) is 7.15. The third kappa shape index (κ3) is 2.06. The Balaban J connectivity index is 2.16. The predicted molar refractivity (Wildman–Crippen MR) is 91.6 cm³/mol. The van der Waals surface area contributed by atoms with Gasteiger partial charge in [0.2, 0.25) is 5.56 Å². The van der Waals surface area contributed by atoms with Crippen molar-refractivity contribution in [3.63, 3.8) is 0 Å². The first-order valence-corrected chi connectivity index (χ1v) is 7.53. The largest absolute Gasteiger partial charge is 0.354 e. The molecule has 4 aromatic rings. The average molecular weight is 327 g/mol. The van der Waals surface area contributed by atoms with Crippen LogP contribution in [0.1, 0.15) is 5.56 Å². The fourth-order valence-corrected chi connectivity index (χ4v) is 3.39. The van der Waals surface area contributed by atoms with Crippen LogP contribution < -0.4 is 5.56 Å².